The van der Waals surface area contributed by atoms with E-state index in [4.69, 9.17) is 9.47 Å². The Bertz CT molecular complexity index is 1200. The van der Waals surface area contributed by atoms with Gasteiger partial charge >= 0.3 is 0 Å². The number of carbonyl (C=O) groups is 1. The molecule has 1 aromatic heterocycles. The SMILES string of the molecule is COc1cc(NC=C(C#N)c2nc(-c3ccc(CC(C)C)cc3)cs2)c(C(C)=O)cc1OC. The predicted octanol–water partition coefficient (Wildman–Crippen LogP) is 6.20. The number of ether oxygens (including phenoxy) is 2. The molecule has 0 bridgehead atoms. The van der Waals surface area contributed by atoms with Crippen molar-refractivity contribution in [3.63, 3.8) is 0 Å². The van der Waals surface area contributed by atoms with Crippen LogP contribution in [0.5, 0.6) is 11.5 Å². The van der Waals surface area contributed by atoms with Crippen LogP contribution in [0.2, 0.25) is 0 Å². The second-order valence-corrected chi connectivity index (χ2v) is 8.81. The Kier molecular flexibility index (Phi) is 7.86. The largest absolute Gasteiger partial charge is 0.493 e. The molecule has 33 heavy (non-hydrogen) atoms. The number of nitriles is 1. The van der Waals surface area contributed by atoms with Crippen LogP contribution < -0.4 is 14.8 Å². The van der Waals surface area contributed by atoms with E-state index in [1.54, 1.807) is 18.3 Å². The third-order valence-electron chi connectivity index (χ3n) is 5.02. The van der Waals surface area contributed by atoms with Crippen molar-refractivity contribution in [2.45, 2.75) is 27.2 Å². The maximum Gasteiger partial charge on any atom is 0.162 e. The van der Waals surface area contributed by atoms with E-state index in [9.17, 15) is 10.1 Å². The number of Topliss-reactive ketones (excluding diaryl/α,β-unsaturated/α-hetero) is 1. The minimum absolute atomic E-state index is 0.136. The van der Waals surface area contributed by atoms with Gasteiger partial charge in [0.1, 0.15) is 16.6 Å². The Morgan fingerprint density at radius 3 is 2.42 bits per heavy atom. The van der Waals surface area contributed by atoms with Crippen LogP contribution in [-0.4, -0.2) is 25.0 Å². The summed E-state index contributed by atoms with van der Waals surface area (Å²) in [4.78, 5) is 16.8. The summed E-state index contributed by atoms with van der Waals surface area (Å²) in [5, 5.41) is 15.3. The highest BCUT2D eigenvalue weighted by Gasteiger charge is 2.15. The molecule has 6 nitrogen and oxygen atoms in total. The number of anilines is 1. The predicted molar refractivity (Wildman–Crippen MR) is 133 cm³/mol. The molecule has 7 heteroatoms. The molecule has 2 aromatic carbocycles. The highest BCUT2D eigenvalue weighted by Crippen LogP contribution is 2.34. The molecule has 0 unspecified atom stereocenters. The standard InChI is InChI=1S/C26H27N3O3S/c1-16(2)10-18-6-8-19(9-7-18)23-15-33-26(29-23)20(13-27)14-28-22-12-25(32-5)24(31-4)11-21(22)17(3)30/h6-9,11-12,14-16,28H,10H2,1-5H3. The number of nitrogens with zero attached hydrogens (tertiary/aromatic N) is 2. The van der Waals surface area contributed by atoms with Crippen LogP contribution in [0, 0.1) is 17.2 Å². The number of aromatic nitrogens is 1. The molecule has 0 fully saturated rings. The molecule has 0 saturated carbocycles. The van der Waals surface area contributed by atoms with Crippen molar-refractivity contribution in [1.29, 1.82) is 5.26 Å². The Morgan fingerprint density at radius 2 is 1.85 bits per heavy atom. The molecule has 1 N–H and O–H groups in total. The summed E-state index contributed by atoms with van der Waals surface area (Å²) < 4.78 is 10.6. The maximum atomic E-state index is 12.1. The fourth-order valence-electron chi connectivity index (χ4n) is 3.39. The average molecular weight is 462 g/mol. The minimum atomic E-state index is -0.136. The molecular weight excluding hydrogens is 434 g/mol. The van der Waals surface area contributed by atoms with Crippen molar-refractivity contribution < 1.29 is 14.3 Å². The maximum absolute atomic E-state index is 12.1. The second kappa shape index (κ2) is 10.8. The second-order valence-electron chi connectivity index (χ2n) is 7.96. The lowest BCUT2D eigenvalue weighted by Crippen LogP contribution is -2.03. The molecule has 3 rings (SSSR count). The van der Waals surface area contributed by atoms with Gasteiger partial charge in [0, 0.05) is 28.8 Å². The van der Waals surface area contributed by atoms with E-state index in [2.05, 4.69) is 54.5 Å². The number of thiazole rings is 1. The van der Waals surface area contributed by atoms with Gasteiger partial charge in [-0.15, -0.1) is 11.3 Å². The van der Waals surface area contributed by atoms with Crippen molar-refractivity contribution in [2.24, 2.45) is 5.92 Å². The molecule has 3 aromatic rings. The molecule has 170 valence electrons. The number of allylic oxidation sites excluding steroid dienone is 1. The summed E-state index contributed by atoms with van der Waals surface area (Å²) >= 11 is 1.40. The first-order chi connectivity index (χ1) is 15.9. The lowest BCUT2D eigenvalue weighted by Gasteiger charge is -2.13. The quantitative estimate of drug-likeness (QED) is 0.301. The molecule has 0 amide bonds. The lowest BCUT2D eigenvalue weighted by atomic mass is 10.0. The van der Waals surface area contributed by atoms with Gasteiger partial charge in [-0.3, -0.25) is 4.79 Å². The average Bonchev–Trinajstić information content (AvgIpc) is 3.29. The molecule has 1 heterocycles. The van der Waals surface area contributed by atoms with E-state index < -0.39 is 0 Å². The van der Waals surface area contributed by atoms with Gasteiger partial charge in [-0.2, -0.15) is 5.26 Å². The third kappa shape index (κ3) is 5.79. The van der Waals surface area contributed by atoms with E-state index in [0.29, 0.717) is 39.2 Å². The Balaban J connectivity index is 1.86. The zero-order valence-corrected chi connectivity index (χ0v) is 20.2. The number of nitrogens with one attached hydrogen (secondary N) is 1. The van der Waals surface area contributed by atoms with Gasteiger partial charge in [0.2, 0.25) is 0 Å². The Morgan fingerprint density at radius 1 is 1.18 bits per heavy atom. The molecular formula is C26H27N3O3S. The van der Waals surface area contributed by atoms with Crippen LogP contribution in [0.4, 0.5) is 5.69 Å². The van der Waals surface area contributed by atoms with Gasteiger partial charge in [0.15, 0.2) is 17.3 Å². The zero-order chi connectivity index (χ0) is 24.0. The summed E-state index contributed by atoms with van der Waals surface area (Å²) in [6, 6.07) is 13.9. The van der Waals surface area contributed by atoms with Crippen molar-refractivity contribution in [2.75, 3.05) is 19.5 Å². The first kappa shape index (κ1) is 24.0. The van der Waals surface area contributed by atoms with Gasteiger partial charge in [-0.1, -0.05) is 38.1 Å². The van der Waals surface area contributed by atoms with Crippen molar-refractivity contribution in [3.8, 4) is 28.8 Å². The number of benzene rings is 2. The van der Waals surface area contributed by atoms with E-state index in [1.807, 2.05) is 5.38 Å². The van der Waals surface area contributed by atoms with E-state index >= 15 is 0 Å². The number of ketones is 1. The van der Waals surface area contributed by atoms with Crippen LogP contribution in [0.15, 0.2) is 48.0 Å². The monoisotopic (exact) mass is 461 g/mol. The summed E-state index contributed by atoms with van der Waals surface area (Å²) in [5.74, 6) is 1.41. The highest BCUT2D eigenvalue weighted by atomic mass is 32.1. The molecule has 0 radical (unpaired) electrons. The normalized spacial score (nSPS) is 11.2. The molecule has 0 aliphatic carbocycles. The fraction of sp³-hybridized carbons (Fsp3) is 0.269. The van der Waals surface area contributed by atoms with Crippen molar-refractivity contribution in [3.05, 3.63) is 64.1 Å². The summed E-state index contributed by atoms with van der Waals surface area (Å²) in [6.07, 6.45) is 2.59. The van der Waals surface area contributed by atoms with Gasteiger partial charge < -0.3 is 14.8 Å². The van der Waals surface area contributed by atoms with Crippen molar-refractivity contribution in [1.82, 2.24) is 4.98 Å². The molecule has 0 aliphatic heterocycles. The fourth-order valence-corrected chi connectivity index (χ4v) is 4.19. The van der Waals surface area contributed by atoms with Crippen molar-refractivity contribution >= 4 is 28.4 Å². The third-order valence-corrected chi connectivity index (χ3v) is 5.90. The number of methoxy groups -OCH3 is 2. The first-order valence-electron chi connectivity index (χ1n) is 10.5. The zero-order valence-electron chi connectivity index (χ0n) is 19.4. The van der Waals surface area contributed by atoms with Gasteiger partial charge in [-0.05, 0) is 30.9 Å². The summed E-state index contributed by atoms with van der Waals surface area (Å²) in [5.41, 5.74) is 4.44. The van der Waals surface area contributed by atoms with E-state index in [-0.39, 0.29) is 5.78 Å². The van der Waals surface area contributed by atoms with E-state index in [1.165, 1.54) is 38.0 Å². The topological polar surface area (TPSA) is 84.2 Å². The minimum Gasteiger partial charge on any atom is -0.493 e. The highest BCUT2D eigenvalue weighted by molar-refractivity contribution is 7.11. The first-order valence-corrected chi connectivity index (χ1v) is 11.4. The van der Waals surface area contributed by atoms with Gasteiger partial charge in [-0.25, -0.2) is 4.98 Å². The van der Waals surface area contributed by atoms with Crippen LogP contribution in [0.3, 0.4) is 0 Å². The summed E-state index contributed by atoms with van der Waals surface area (Å²) in [7, 11) is 3.04. The Labute approximate surface area is 198 Å². The van der Waals surface area contributed by atoms with Gasteiger partial charge in [0.05, 0.1) is 25.6 Å². The number of hydrogen-bond donors (Lipinski definition) is 1. The lowest BCUT2D eigenvalue weighted by molar-refractivity contribution is 0.101. The molecule has 0 saturated heterocycles. The Hall–Kier alpha value is -3.63. The number of rotatable bonds is 9. The molecule has 0 atom stereocenters. The van der Waals surface area contributed by atoms with E-state index in [0.717, 1.165) is 17.7 Å². The van der Waals surface area contributed by atoms with Gasteiger partial charge in [0.25, 0.3) is 0 Å². The van der Waals surface area contributed by atoms with Crippen LogP contribution in [0.25, 0.3) is 16.8 Å². The molecule has 0 aliphatic rings. The molecule has 0 spiro atoms. The smallest absolute Gasteiger partial charge is 0.162 e. The van der Waals surface area contributed by atoms with Crippen LogP contribution in [-0.2, 0) is 6.42 Å². The van der Waals surface area contributed by atoms with Crippen LogP contribution in [0.1, 0.15) is 41.7 Å². The number of hydrogen-bond acceptors (Lipinski definition) is 7. The van der Waals surface area contributed by atoms with Crippen LogP contribution >= 0.6 is 11.3 Å². The summed E-state index contributed by atoms with van der Waals surface area (Å²) in [6.45, 7) is 5.87. The number of carbonyl (C=O) groups excluding carboxylic acids is 1.